The van der Waals surface area contributed by atoms with Crippen LogP contribution in [0, 0.1) is 6.92 Å². The summed E-state index contributed by atoms with van der Waals surface area (Å²) in [7, 11) is -3.62. The minimum absolute atomic E-state index is 0.0585. The van der Waals surface area contributed by atoms with Crippen molar-refractivity contribution >= 4 is 33.6 Å². The van der Waals surface area contributed by atoms with E-state index < -0.39 is 16.1 Å². The van der Waals surface area contributed by atoms with Crippen LogP contribution in [0.3, 0.4) is 0 Å². The molecule has 1 atom stereocenters. The fraction of sp³-hybridized carbons (Fsp3) is 0.360. The molecule has 174 valence electrons. The average Bonchev–Trinajstić information content (AvgIpc) is 2.80. The molecule has 4 rings (SSSR count). The maximum Gasteiger partial charge on any atom is 0.243 e. The van der Waals surface area contributed by atoms with Gasteiger partial charge in [-0.25, -0.2) is 8.42 Å². The number of rotatable bonds is 5. The van der Waals surface area contributed by atoms with Gasteiger partial charge in [-0.3, -0.25) is 9.59 Å². The standard InChI is InChI=1S/C25H29N3O4S/c1-18-10-11-21(16-24(18)33(31,32)27-13-6-3-7-14-27)26-25(30)17-23-22-9-5-4-8-20(22)12-15-28(23)19(2)29/h4-5,8-12,15-16,23H,3,6-7,13-14,17H2,1-2H3,(H,26,30)/t23-/m1/s1. The first-order valence-corrected chi connectivity index (χ1v) is 12.7. The summed E-state index contributed by atoms with van der Waals surface area (Å²) in [4.78, 5) is 26.9. The molecule has 7 nitrogen and oxygen atoms in total. The summed E-state index contributed by atoms with van der Waals surface area (Å²) in [5.41, 5.74) is 2.95. The van der Waals surface area contributed by atoms with Gasteiger partial charge in [0.05, 0.1) is 17.4 Å². The number of hydrogen-bond acceptors (Lipinski definition) is 4. The number of amides is 2. The summed E-state index contributed by atoms with van der Waals surface area (Å²) in [5, 5.41) is 2.84. The van der Waals surface area contributed by atoms with E-state index in [-0.39, 0.29) is 23.1 Å². The Kier molecular flexibility index (Phi) is 6.67. The van der Waals surface area contributed by atoms with E-state index in [0.717, 1.165) is 30.4 Å². The van der Waals surface area contributed by atoms with Gasteiger partial charge in [0.15, 0.2) is 0 Å². The molecule has 1 fully saturated rings. The van der Waals surface area contributed by atoms with Crippen molar-refractivity contribution in [1.82, 2.24) is 9.21 Å². The number of carbonyl (C=O) groups excluding carboxylic acids is 2. The van der Waals surface area contributed by atoms with Crippen molar-refractivity contribution in [2.75, 3.05) is 18.4 Å². The van der Waals surface area contributed by atoms with Crippen molar-refractivity contribution in [3.8, 4) is 0 Å². The highest BCUT2D eigenvalue weighted by atomic mass is 32.2. The molecule has 8 heteroatoms. The van der Waals surface area contributed by atoms with Crippen molar-refractivity contribution < 1.29 is 18.0 Å². The molecular weight excluding hydrogens is 438 g/mol. The molecule has 2 aliphatic rings. The Morgan fingerprint density at radius 3 is 2.52 bits per heavy atom. The van der Waals surface area contributed by atoms with E-state index >= 15 is 0 Å². The van der Waals surface area contributed by atoms with Gasteiger partial charge in [-0.2, -0.15) is 4.31 Å². The van der Waals surface area contributed by atoms with E-state index in [4.69, 9.17) is 0 Å². The molecule has 0 aliphatic carbocycles. The SMILES string of the molecule is CC(=O)N1C=Cc2ccccc2[C@H]1CC(=O)Nc1ccc(C)c(S(=O)(=O)N2CCCCC2)c1. The van der Waals surface area contributed by atoms with E-state index in [0.29, 0.717) is 24.3 Å². The number of carbonyl (C=O) groups is 2. The van der Waals surface area contributed by atoms with Crippen LogP contribution in [0.1, 0.15) is 55.3 Å². The summed E-state index contributed by atoms with van der Waals surface area (Å²) in [6.07, 6.45) is 6.39. The van der Waals surface area contributed by atoms with Gasteiger partial charge in [-0.1, -0.05) is 36.8 Å². The van der Waals surface area contributed by atoms with Crippen molar-refractivity contribution in [2.24, 2.45) is 0 Å². The number of piperidine rings is 1. The molecule has 2 aromatic carbocycles. The lowest BCUT2D eigenvalue weighted by Crippen LogP contribution is -2.36. The molecule has 1 N–H and O–H groups in total. The number of anilines is 1. The van der Waals surface area contributed by atoms with Crippen LogP contribution in [-0.2, 0) is 19.6 Å². The Balaban J connectivity index is 1.55. The quantitative estimate of drug-likeness (QED) is 0.718. The fourth-order valence-corrected chi connectivity index (χ4v) is 6.27. The molecule has 0 spiro atoms. The predicted octanol–water partition coefficient (Wildman–Crippen LogP) is 4.07. The van der Waals surface area contributed by atoms with E-state index in [1.165, 1.54) is 17.3 Å². The normalized spacial score (nSPS) is 18.6. The highest BCUT2D eigenvalue weighted by molar-refractivity contribution is 7.89. The van der Waals surface area contributed by atoms with Gasteiger partial charge in [-0.15, -0.1) is 0 Å². The van der Waals surface area contributed by atoms with Gasteiger partial charge in [0.1, 0.15) is 0 Å². The molecule has 2 heterocycles. The van der Waals surface area contributed by atoms with Gasteiger partial charge in [-0.05, 0) is 54.7 Å². The Morgan fingerprint density at radius 2 is 1.79 bits per heavy atom. The van der Waals surface area contributed by atoms with Crippen molar-refractivity contribution in [2.45, 2.75) is 50.5 Å². The zero-order valence-electron chi connectivity index (χ0n) is 19.0. The number of benzene rings is 2. The van der Waals surface area contributed by atoms with Crippen molar-refractivity contribution in [3.05, 3.63) is 65.4 Å². The van der Waals surface area contributed by atoms with Crippen LogP contribution >= 0.6 is 0 Å². The van der Waals surface area contributed by atoms with Gasteiger partial charge in [0.25, 0.3) is 0 Å². The van der Waals surface area contributed by atoms with Gasteiger partial charge < -0.3 is 10.2 Å². The smallest absolute Gasteiger partial charge is 0.243 e. The van der Waals surface area contributed by atoms with Crippen LogP contribution in [0.25, 0.3) is 6.08 Å². The van der Waals surface area contributed by atoms with Crippen LogP contribution < -0.4 is 5.32 Å². The number of aryl methyl sites for hydroxylation is 1. The molecule has 0 saturated carbocycles. The first-order valence-electron chi connectivity index (χ1n) is 11.2. The molecule has 33 heavy (non-hydrogen) atoms. The molecule has 2 amide bonds. The summed E-state index contributed by atoms with van der Waals surface area (Å²) in [5.74, 6) is -0.440. The fourth-order valence-electron chi connectivity index (χ4n) is 4.50. The molecule has 0 unspecified atom stereocenters. The van der Waals surface area contributed by atoms with E-state index in [1.54, 1.807) is 30.2 Å². The lowest BCUT2D eigenvalue weighted by molar-refractivity contribution is -0.129. The first kappa shape index (κ1) is 23.2. The van der Waals surface area contributed by atoms with Gasteiger partial charge >= 0.3 is 0 Å². The number of hydrogen-bond donors (Lipinski definition) is 1. The zero-order chi connectivity index (χ0) is 23.6. The van der Waals surface area contributed by atoms with Crippen LogP contribution in [0.2, 0.25) is 0 Å². The summed E-state index contributed by atoms with van der Waals surface area (Å²) < 4.78 is 27.9. The molecule has 2 aliphatic heterocycles. The molecular formula is C25H29N3O4S. The minimum Gasteiger partial charge on any atom is -0.326 e. The highest BCUT2D eigenvalue weighted by Crippen LogP contribution is 2.33. The van der Waals surface area contributed by atoms with Crippen LogP contribution in [-0.4, -0.2) is 42.5 Å². The Bertz CT molecular complexity index is 1200. The second-order valence-corrected chi connectivity index (χ2v) is 10.5. The summed E-state index contributed by atoms with van der Waals surface area (Å²) in [6, 6.07) is 12.2. The van der Waals surface area contributed by atoms with Gasteiger partial charge in [0, 0.05) is 31.9 Å². The third-order valence-corrected chi connectivity index (χ3v) is 8.29. The number of fused-ring (bicyclic) bond motifs is 1. The van der Waals surface area contributed by atoms with E-state index in [2.05, 4.69) is 5.32 Å². The van der Waals surface area contributed by atoms with Crippen LogP contribution in [0.5, 0.6) is 0 Å². The molecule has 2 aromatic rings. The van der Waals surface area contributed by atoms with Crippen molar-refractivity contribution in [1.29, 1.82) is 0 Å². The van der Waals surface area contributed by atoms with Gasteiger partial charge in [0.2, 0.25) is 21.8 Å². The summed E-state index contributed by atoms with van der Waals surface area (Å²) in [6.45, 7) is 4.28. The molecule has 1 saturated heterocycles. The Labute approximate surface area is 195 Å². The van der Waals surface area contributed by atoms with E-state index in [1.807, 2.05) is 30.3 Å². The predicted molar refractivity (Wildman–Crippen MR) is 128 cm³/mol. The third kappa shape index (κ3) is 4.86. The number of sulfonamides is 1. The van der Waals surface area contributed by atoms with Crippen LogP contribution in [0.15, 0.2) is 53.6 Å². The minimum atomic E-state index is -3.62. The monoisotopic (exact) mass is 467 g/mol. The molecule has 0 aromatic heterocycles. The third-order valence-electron chi connectivity index (χ3n) is 6.25. The van der Waals surface area contributed by atoms with Crippen LogP contribution in [0.4, 0.5) is 5.69 Å². The maximum atomic E-state index is 13.2. The second-order valence-electron chi connectivity index (χ2n) is 8.58. The first-order chi connectivity index (χ1) is 15.8. The summed E-state index contributed by atoms with van der Waals surface area (Å²) >= 11 is 0. The highest BCUT2D eigenvalue weighted by Gasteiger charge is 2.30. The largest absolute Gasteiger partial charge is 0.326 e. The number of nitrogens with zero attached hydrogens (tertiary/aromatic N) is 2. The number of nitrogens with one attached hydrogen (secondary N) is 1. The average molecular weight is 468 g/mol. The zero-order valence-corrected chi connectivity index (χ0v) is 19.8. The van der Waals surface area contributed by atoms with E-state index in [9.17, 15) is 18.0 Å². The lowest BCUT2D eigenvalue weighted by atomic mass is 9.93. The second kappa shape index (κ2) is 9.49. The topological polar surface area (TPSA) is 86.8 Å². The Hall–Kier alpha value is -2.97. The molecule has 0 radical (unpaired) electrons. The maximum absolute atomic E-state index is 13.2. The molecule has 0 bridgehead atoms. The van der Waals surface area contributed by atoms with Crippen molar-refractivity contribution in [3.63, 3.8) is 0 Å². The lowest BCUT2D eigenvalue weighted by Gasteiger charge is -2.32. The Morgan fingerprint density at radius 1 is 1.06 bits per heavy atom.